The van der Waals surface area contributed by atoms with Gasteiger partial charge in [-0.1, -0.05) is 110 Å². The molecule has 0 saturated heterocycles. The van der Waals surface area contributed by atoms with Crippen molar-refractivity contribution in [2.24, 2.45) is 22.7 Å². The predicted molar refractivity (Wildman–Crippen MR) is 140 cm³/mol. The molecular weight excluding hydrogens is 404 g/mol. The van der Waals surface area contributed by atoms with Crippen LogP contribution in [-0.4, -0.2) is 12.6 Å². The summed E-state index contributed by atoms with van der Waals surface area (Å²) in [5.41, 5.74) is 0.0347. The summed E-state index contributed by atoms with van der Waals surface area (Å²) in [7, 11) is 0. The highest BCUT2D eigenvalue weighted by atomic mass is 16.5. The Bertz CT molecular complexity index is 533. The Morgan fingerprint density at radius 2 is 1.21 bits per heavy atom. The Hall–Kier alpha value is -0.530. The summed E-state index contributed by atoms with van der Waals surface area (Å²) >= 11 is 0. The molecule has 192 valence electrons. The van der Waals surface area contributed by atoms with Crippen LogP contribution in [0, 0.1) is 22.7 Å². The molecule has 0 N–H and O–H groups in total. The lowest BCUT2D eigenvalue weighted by atomic mass is 9.49. The van der Waals surface area contributed by atoms with Crippen LogP contribution in [-0.2, 0) is 9.53 Å². The second kappa shape index (κ2) is 14.1. The van der Waals surface area contributed by atoms with Crippen LogP contribution in [0.5, 0.6) is 0 Å². The van der Waals surface area contributed by atoms with Crippen LogP contribution in [0.1, 0.15) is 162 Å². The second-order valence-electron chi connectivity index (χ2n) is 12.1. The number of hydrogen-bond acceptors (Lipinski definition) is 2. The molecule has 0 atom stereocenters. The van der Waals surface area contributed by atoms with Gasteiger partial charge in [0, 0.05) is 0 Å². The van der Waals surface area contributed by atoms with Gasteiger partial charge in [0.25, 0.3) is 0 Å². The van der Waals surface area contributed by atoms with Crippen molar-refractivity contribution in [3.8, 4) is 0 Å². The highest BCUT2D eigenvalue weighted by molar-refractivity contribution is 5.78. The molecule has 0 aliphatic heterocycles. The van der Waals surface area contributed by atoms with Crippen LogP contribution in [0.3, 0.4) is 0 Å². The summed E-state index contributed by atoms with van der Waals surface area (Å²) < 4.78 is 5.85. The van der Waals surface area contributed by atoms with Crippen molar-refractivity contribution in [1.29, 1.82) is 0 Å². The van der Waals surface area contributed by atoms with E-state index < -0.39 is 0 Å². The fourth-order valence-corrected chi connectivity index (χ4v) is 8.21. The lowest BCUT2D eigenvalue weighted by Crippen LogP contribution is -2.52. The first-order chi connectivity index (χ1) is 16.2. The maximum atomic E-state index is 13.6. The van der Waals surface area contributed by atoms with E-state index in [0.717, 1.165) is 24.7 Å². The predicted octanol–water partition coefficient (Wildman–Crippen LogP) is 9.79. The maximum Gasteiger partial charge on any atom is 0.312 e. The van der Waals surface area contributed by atoms with E-state index in [0.29, 0.717) is 6.61 Å². The molecule has 0 heterocycles. The molecule has 3 aliphatic carbocycles. The first-order valence-corrected chi connectivity index (χ1v) is 15.3. The Morgan fingerprint density at radius 3 is 1.82 bits per heavy atom. The molecule has 0 aromatic rings. The molecule has 0 aromatic heterocycles. The smallest absolute Gasteiger partial charge is 0.312 e. The average Bonchev–Trinajstić information content (AvgIpc) is 2.87. The SMILES string of the molecule is CCCCCCCCCCC1(C2(C(=O)OCC)CCCCC2)CCC(C2CCCCC2)CC1. The third-order valence-electron chi connectivity index (χ3n) is 10.2. The van der Waals surface area contributed by atoms with Crippen LogP contribution in [0.15, 0.2) is 0 Å². The molecule has 2 heteroatoms. The van der Waals surface area contributed by atoms with E-state index in [9.17, 15) is 4.79 Å². The monoisotopic (exact) mass is 460 g/mol. The zero-order valence-electron chi connectivity index (χ0n) is 22.4. The minimum atomic E-state index is -0.181. The molecule has 3 rings (SSSR count). The summed E-state index contributed by atoms with van der Waals surface area (Å²) in [6.07, 6.45) is 30.9. The Morgan fingerprint density at radius 1 is 0.667 bits per heavy atom. The fourth-order valence-electron chi connectivity index (χ4n) is 8.21. The van der Waals surface area contributed by atoms with Crippen LogP contribution in [0.4, 0.5) is 0 Å². The van der Waals surface area contributed by atoms with E-state index in [1.54, 1.807) is 0 Å². The zero-order chi connectivity index (χ0) is 23.4. The highest BCUT2D eigenvalue weighted by Crippen LogP contribution is 2.61. The van der Waals surface area contributed by atoms with Crippen molar-refractivity contribution in [1.82, 2.24) is 0 Å². The molecule has 3 saturated carbocycles. The minimum absolute atomic E-state index is 0.181. The van der Waals surface area contributed by atoms with Crippen molar-refractivity contribution in [2.45, 2.75) is 162 Å². The molecule has 0 amide bonds. The van der Waals surface area contributed by atoms with Crippen LogP contribution in [0.2, 0.25) is 0 Å². The molecule has 3 fully saturated rings. The normalized spacial score (nSPS) is 28.5. The first-order valence-electron chi connectivity index (χ1n) is 15.3. The van der Waals surface area contributed by atoms with E-state index in [1.165, 1.54) is 135 Å². The van der Waals surface area contributed by atoms with Gasteiger partial charge in [-0.2, -0.15) is 0 Å². The number of esters is 1. The molecule has 0 radical (unpaired) electrons. The number of rotatable bonds is 13. The standard InChI is InChI=1S/C31H56O2/c1-3-5-6-7-8-9-10-15-22-30(31(29(32)33-4-2)23-16-12-17-24-31)25-20-28(21-26-30)27-18-13-11-14-19-27/h27-28H,3-26H2,1-2H3. The van der Waals surface area contributed by atoms with Crippen LogP contribution >= 0.6 is 0 Å². The molecule has 3 aliphatic rings. The summed E-state index contributed by atoms with van der Waals surface area (Å²) in [4.78, 5) is 13.6. The van der Waals surface area contributed by atoms with Crippen molar-refractivity contribution in [2.75, 3.05) is 6.61 Å². The topological polar surface area (TPSA) is 26.3 Å². The Balaban J connectivity index is 1.66. The maximum absolute atomic E-state index is 13.6. The average molecular weight is 461 g/mol. The van der Waals surface area contributed by atoms with Crippen molar-refractivity contribution >= 4 is 5.97 Å². The number of unbranched alkanes of at least 4 members (excludes halogenated alkanes) is 7. The van der Waals surface area contributed by atoms with E-state index in [4.69, 9.17) is 4.74 Å². The van der Waals surface area contributed by atoms with Gasteiger partial charge >= 0.3 is 5.97 Å². The zero-order valence-corrected chi connectivity index (χ0v) is 22.4. The number of ether oxygens (including phenoxy) is 1. The molecule has 2 nitrogen and oxygen atoms in total. The molecular formula is C31H56O2. The summed E-state index contributed by atoms with van der Waals surface area (Å²) in [6.45, 7) is 4.84. The van der Waals surface area contributed by atoms with E-state index in [2.05, 4.69) is 6.92 Å². The quantitative estimate of drug-likeness (QED) is 0.202. The third kappa shape index (κ3) is 7.00. The number of carbonyl (C=O) groups is 1. The van der Waals surface area contributed by atoms with Crippen LogP contribution < -0.4 is 0 Å². The number of hydrogen-bond donors (Lipinski definition) is 0. The van der Waals surface area contributed by atoms with Gasteiger partial charge in [-0.05, 0) is 69.1 Å². The van der Waals surface area contributed by atoms with Crippen molar-refractivity contribution in [3.05, 3.63) is 0 Å². The lowest BCUT2D eigenvalue weighted by molar-refractivity contribution is -0.174. The van der Waals surface area contributed by atoms with Gasteiger partial charge in [0.05, 0.1) is 12.0 Å². The first kappa shape index (κ1) is 27.1. The Labute approximate surface area is 206 Å². The van der Waals surface area contributed by atoms with E-state index in [-0.39, 0.29) is 16.8 Å². The Kier molecular flexibility index (Phi) is 11.6. The van der Waals surface area contributed by atoms with Gasteiger partial charge in [-0.3, -0.25) is 4.79 Å². The number of carbonyl (C=O) groups excluding carboxylic acids is 1. The van der Waals surface area contributed by atoms with Gasteiger partial charge in [-0.25, -0.2) is 0 Å². The molecule has 33 heavy (non-hydrogen) atoms. The summed E-state index contributed by atoms with van der Waals surface area (Å²) in [6, 6.07) is 0. The molecule has 0 unspecified atom stereocenters. The van der Waals surface area contributed by atoms with Gasteiger partial charge < -0.3 is 4.74 Å². The lowest BCUT2D eigenvalue weighted by Gasteiger charge is -2.55. The fraction of sp³-hybridized carbons (Fsp3) is 0.968. The van der Waals surface area contributed by atoms with Gasteiger partial charge in [0.1, 0.15) is 0 Å². The van der Waals surface area contributed by atoms with Gasteiger partial charge in [-0.15, -0.1) is 0 Å². The molecule has 0 bridgehead atoms. The third-order valence-corrected chi connectivity index (χ3v) is 10.2. The summed E-state index contributed by atoms with van der Waals surface area (Å²) in [5.74, 6) is 2.09. The summed E-state index contributed by atoms with van der Waals surface area (Å²) in [5, 5.41) is 0. The van der Waals surface area contributed by atoms with E-state index in [1.807, 2.05) is 6.92 Å². The van der Waals surface area contributed by atoms with Crippen molar-refractivity contribution in [3.63, 3.8) is 0 Å². The minimum Gasteiger partial charge on any atom is -0.466 e. The largest absolute Gasteiger partial charge is 0.466 e. The highest BCUT2D eigenvalue weighted by Gasteiger charge is 2.57. The van der Waals surface area contributed by atoms with Crippen molar-refractivity contribution < 1.29 is 9.53 Å². The second-order valence-corrected chi connectivity index (χ2v) is 12.1. The van der Waals surface area contributed by atoms with E-state index >= 15 is 0 Å². The molecule has 0 aromatic carbocycles. The van der Waals surface area contributed by atoms with Gasteiger partial charge in [0.15, 0.2) is 0 Å². The molecule has 0 spiro atoms. The van der Waals surface area contributed by atoms with Crippen LogP contribution in [0.25, 0.3) is 0 Å². The van der Waals surface area contributed by atoms with Gasteiger partial charge in [0.2, 0.25) is 0 Å².